The van der Waals surface area contributed by atoms with Crippen LogP contribution in [0.4, 0.5) is 0 Å². The maximum Gasteiger partial charge on any atom is 0.335 e. The van der Waals surface area contributed by atoms with Crippen molar-refractivity contribution < 1.29 is 30.0 Å². The summed E-state index contributed by atoms with van der Waals surface area (Å²) in [5, 5.41) is 35.4. The van der Waals surface area contributed by atoms with Gasteiger partial charge < -0.3 is 25.7 Å². The molecule has 0 saturated heterocycles. The van der Waals surface area contributed by atoms with Crippen LogP contribution in [0.3, 0.4) is 0 Å². The zero-order valence-electron chi connectivity index (χ0n) is 8.59. The third-order valence-corrected chi connectivity index (χ3v) is 1.43. The summed E-state index contributed by atoms with van der Waals surface area (Å²) in [6.07, 6.45) is 4.29. The number of aliphatic hydroxyl groups is 2. The normalized spacial score (nSPS) is 15.9. The van der Waals surface area contributed by atoms with E-state index in [1.807, 2.05) is 12.3 Å². The van der Waals surface area contributed by atoms with Crippen LogP contribution in [-0.2, 0) is 9.59 Å². The van der Waals surface area contributed by atoms with E-state index in [2.05, 4.69) is 10.3 Å². The Kier molecular flexibility index (Phi) is 6.99. The fourth-order valence-corrected chi connectivity index (χ4v) is 0.610. The van der Waals surface area contributed by atoms with Gasteiger partial charge in [-0.05, 0) is 6.08 Å². The summed E-state index contributed by atoms with van der Waals surface area (Å²) in [6, 6.07) is 0. The van der Waals surface area contributed by atoms with Crippen molar-refractivity contribution in [3.8, 4) is 0 Å². The first-order valence-corrected chi connectivity index (χ1v) is 4.38. The van der Waals surface area contributed by atoms with Gasteiger partial charge in [-0.25, -0.2) is 9.59 Å². The third kappa shape index (κ3) is 6.82. The summed E-state index contributed by atoms with van der Waals surface area (Å²) in [5.74, 6) is -3.54. The molecule has 1 rings (SSSR count). The number of hydrogen-bond acceptors (Lipinski definition) is 6. The standard InChI is InChI=1S/C5H6N2.C4H6O6/c1-2-6-4-5-7-3-1;5-1(3(7)8)2(6)4(9)10/h1-6H;1-2,5-6H,(H,7,8)(H,9,10)/t;1-,2-/m.1/s1. The minimum Gasteiger partial charge on any atom is -0.479 e. The SMILES string of the molecule is C1=CNC=CN=C1.O=C(O)[C@H](O)[C@@H](O)C(=O)O. The minimum atomic E-state index is -2.27. The van der Waals surface area contributed by atoms with Gasteiger partial charge in [-0.15, -0.1) is 0 Å². The lowest BCUT2D eigenvalue weighted by atomic mass is 10.2. The molecule has 1 heterocycles. The molecule has 0 saturated carbocycles. The van der Waals surface area contributed by atoms with Crippen LogP contribution >= 0.6 is 0 Å². The zero-order chi connectivity index (χ0) is 13.3. The largest absolute Gasteiger partial charge is 0.479 e. The Labute approximate surface area is 96.2 Å². The van der Waals surface area contributed by atoms with E-state index >= 15 is 0 Å². The fourth-order valence-electron chi connectivity index (χ4n) is 0.610. The van der Waals surface area contributed by atoms with E-state index < -0.39 is 24.1 Å². The molecular weight excluding hydrogens is 232 g/mol. The number of rotatable bonds is 3. The second-order valence-corrected chi connectivity index (χ2v) is 2.71. The Balaban J connectivity index is 0.000000318. The molecule has 1 aliphatic rings. The van der Waals surface area contributed by atoms with Crippen molar-refractivity contribution >= 4 is 18.2 Å². The topological polar surface area (TPSA) is 139 Å². The highest BCUT2D eigenvalue weighted by Gasteiger charge is 2.29. The molecule has 0 radical (unpaired) electrons. The van der Waals surface area contributed by atoms with Crippen LogP contribution in [0.25, 0.3) is 0 Å². The van der Waals surface area contributed by atoms with E-state index in [1.165, 1.54) is 0 Å². The number of aliphatic carboxylic acids is 2. The van der Waals surface area contributed by atoms with Crippen molar-refractivity contribution in [1.82, 2.24) is 5.32 Å². The van der Waals surface area contributed by atoms with Crippen molar-refractivity contribution in [3.63, 3.8) is 0 Å². The van der Waals surface area contributed by atoms with Crippen LogP contribution in [0.15, 0.2) is 29.7 Å². The van der Waals surface area contributed by atoms with Gasteiger partial charge in [0.2, 0.25) is 0 Å². The van der Waals surface area contributed by atoms with E-state index in [0.29, 0.717) is 0 Å². The highest BCUT2D eigenvalue weighted by molar-refractivity contribution is 5.83. The molecule has 0 aromatic carbocycles. The molecule has 2 atom stereocenters. The third-order valence-electron chi connectivity index (χ3n) is 1.43. The number of aliphatic hydroxyl groups excluding tert-OH is 2. The molecule has 0 fully saturated rings. The van der Waals surface area contributed by atoms with Crippen molar-refractivity contribution in [1.29, 1.82) is 0 Å². The molecule has 5 N–H and O–H groups in total. The number of nitrogens with one attached hydrogen (secondary N) is 1. The summed E-state index contributed by atoms with van der Waals surface area (Å²) < 4.78 is 0. The maximum absolute atomic E-state index is 9.77. The Morgan fingerprint density at radius 3 is 2.06 bits per heavy atom. The van der Waals surface area contributed by atoms with E-state index in [1.54, 1.807) is 18.6 Å². The Morgan fingerprint density at radius 1 is 1.06 bits per heavy atom. The molecule has 1 aliphatic heterocycles. The first-order chi connectivity index (χ1) is 7.96. The predicted octanol–water partition coefficient (Wildman–Crippen LogP) is -1.48. The van der Waals surface area contributed by atoms with E-state index in [4.69, 9.17) is 20.4 Å². The zero-order valence-corrected chi connectivity index (χ0v) is 8.59. The van der Waals surface area contributed by atoms with Gasteiger partial charge in [0.15, 0.2) is 12.2 Å². The number of carbonyl (C=O) groups is 2. The molecule has 0 amide bonds. The molecule has 8 heteroatoms. The van der Waals surface area contributed by atoms with Crippen LogP contribution in [0, 0.1) is 0 Å². The smallest absolute Gasteiger partial charge is 0.335 e. The summed E-state index contributed by atoms with van der Waals surface area (Å²) in [5.41, 5.74) is 0. The number of aliphatic imine (C=N–C) groups is 1. The second-order valence-electron chi connectivity index (χ2n) is 2.71. The van der Waals surface area contributed by atoms with Crippen molar-refractivity contribution in [2.75, 3.05) is 0 Å². The average Bonchev–Trinajstić information content (AvgIpc) is 2.59. The molecule has 94 valence electrons. The van der Waals surface area contributed by atoms with E-state index in [9.17, 15) is 9.59 Å². The van der Waals surface area contributed by atoms with Crippen molar-refractivity contribution in [3.05, 3.63) is 24.7 Å². The number of allylic oxidation sites excluding steroid dienone is 1. The highest BCUT2D eigenvalue weighted by atomic mass is 16.4. The van der Waals surface area contributed by atoms with Gasteiger partial charge >= 0.3 is 11.9 Å². The van der Waals surface area contributed by atoms with Gasteiger partial charge in [0.1, 0.15) is 0 Å². The average molecular weight is 244 g/mol. The molecule has 0 bridgehead atoms. The summed E-state index contributed by atoms with van der Waals surface area (Å²) in [6.45, 7) is 0. The Hall–Kier alpha value is -2.19. The summed E-state index contributed by atoms with van der Waals surface area (Å²) in [4.78, 5) is 23.4. The minimum absolute atomic E-state index is 1.69. The molecule has 0 unspecified atom stereocenters. The van der Waals surface area contributed by atoms with Crippen LogP contribution in [-0.4, -0.2) is 50.8 Å². The summed E-state index contributed by atoms with van der Waals surface area (Å²) >= 11 is 0. The molecule has 0 aromatic heterocycles. The van der Waals surface area contributed by atoms with Gasteiger partial charge in [-0.1, -0.05) is 0 Å². The lowest BCUT2D eigenvalue weighted by Gasteiger charge is -2.07. The maximum atomic E-state index is 9.77. The van der Waals surface area contributed by atoms with E-state index in [0.717, 1.165) is 0 Å². The first kappa shape index (κ1) is 14.8. The lowest BCUT2D eigenvalue weighted by molar-refractivity contribution is -0.165. The number of hydrogen-bond donors (Lipinski definition) is 5. The van der Waals surface area contributed by atoms with Crippen molar-refractivity contribution in [2.24, 2.45) is 4.99 Å². The van der Waals surface area contributed by atoms with Crippen LogP contribution in [0.5, 0.6) is 0 Å². The van der Waals surface area contributed by atoms with E-state index in [-0.39, 0.29) is 0 Å². The molecule has 17 heavy (non-hydrogen) atoms. The Morgan fingerprint density at radius 2 is 1.59 bits per heavy atom. The van der Waals surface area contributed by atoms with Gasteiger partial charge in [0, 0.05) is 24.8 Å². The van der Waals surface area contributed by atoms with Crippen LogP contribution in [0.2, 0.25) is 0 Å². The first-order valence-electron chi connectivity index (χ1n) is 4.38. The highest BCUT2D eigenvalue weighted by Crippen LogP contribution is 1.92. The quantitative estimate of drug-likeness (QED) is 0.408. The Bertz CT molecular complexity index is 317. The summed E-state index contributed by atoms with van der Waals surface area (Å²) in [7, 11) is 0. The van der Waals surface area contributed by atoms with Crippen LogP contribution in [0.1, 0.15) is 0 Å². The number of carboxylic acids is 2. The number of nitrogens with zero attached hydrogens (tertiary/aromatic N) is 1. The van der Waals surface area contributed by atoms with Crippen molar-refractivity contribution in [2.45, 2.75) is 12.2 Å². The van der Waals surface area contributed by atoms with Gasteiger partial charge in [0.05, 0.1) is 0 Å². The van der Waals surface area contributed by atoms with Gasteiger partial charge in [-0.2, -0.15) is 0 Å². The molecular formula is C9H12N2O6. The second kappa shape index (κ2) is 8.02. The molecule has 8 nitrogen and oxygen atoms in total. The van der Waals surface area contributed by atoms with Gasteiger partial charge in [-0.3, -0.25) is 4.99 Å². The predicted molar refractivity (Wildman–Crippen MR) is 57.2 cm³/mol. The monoisotopic (exact) mass is 244 g/mol. The fraction of sp³-hybridized carbons (Fsp3) is 0.222. The molecule has 0 spiro atoms. The number of carboxylic acid groups (broad SMARTS) is 2. The lowest BCUT2D eigenvalue weighted by Crippen LogP contribution is -2.39. The molecule has 0 aromatic rings. The van der Waals surface area contributed by atoms with Gasteiger partial charge in [0.25, 0.3) is 0 Å². The molecule has 0 aliphatic carbocycles. The van der Waals surface area contributed by atoms with Crippen LogP contribution < -0.4 is 5.32 Å².